The van der Waals surface area contributed by atoms with E-state index < -0.39 is 0 Å². The van der Waals surface area contributed by atoms with Gasteiger partial charge in [0.2, 0.25) is 5.91 Å². The van der Waals surface area contributed by atoms with Gasteiger partial charge in [0.25, 0.3) is 5.56 Å². The van der Waals surface area contributed by atoms with Crippen LogP contribution in [0.2, 0.25) is 0 Å². The van der Waals surface area contributed by atoms with Gasteiger partial charge in [-0.25, -0.2) is 4.98 Å². The van der Waals surface area contributed by atoms with Crippen molar-refractivity contribution in [2.24, 2.45) is 0 Å². The number of carbonyl (C=O) groups is 1. The zero-order valence-corrected chi connectivity index (χ0v) is 16.4. The Hall–Kier alpha value is -3.51. The van der Waals surface area contributed by atoms with E-state index >= 15 is 0 Å². The lowest BCUT2D eigenvalue weighted by Gasteiger charge is -2.20. The normalized spacial score (nSPS) is 11.2. The van der Waals surface area contributed by atoms with Gasteiger partial charge in [-0.1, -0.05) is 48.5 Å². The van der Waals surface area contributed by atoms with Crippen LogP contribution in [-0.4, -0.2) is 20.8 Å². The number of para-hydroxylation sites is 1. The summed E-state index contributed by atoms with van der Waals surface area (Å²) in [7, 11) is 0. The Morgan fingerprint density at radius 2 is 1.79 bits per heavy atom. The fourth-order valence-electron chi connectivity index (χ4n) is 3.03. The molecule has 144 valence electrons. The number of nitrogens with one attached hydrogen (secondary N) is 1. The maximum Gasteiger partial charge on any atom is 0.258 e. The molecule has 0 fully saturated rings. The van der Waals surface area contributed by atoms with E-state index in [2.05, 4.69) is 9.97 Å². The molecule has 2 aromatic heterocycles. The van der Waals surface area contributed by atoms with Crippen LogP contribution >= 0.6 is 11.3 Å². The van der Waals surface area contributed by atoms with Gasteiger partial charge in [-0.15, -0.1) is 11.3 Å². The molecule has 0 unspecified atom stereocenters. The third-order valence-electron chi connectivity index (χ3n) is 4.46. The average Bonchev–Trinajstić information content (AvgIpc) is 3.25. The summed E-state index contributed by atoms with van der Waals surface area (Å²) < 4.78 is 0. The van der Waals surface area contributed by atoms with Crippen molar-refractivity contribution in [3.63, 3.8) is 0 Å². The maximum absolute atomic E-state index is 12.9. The van der Waals surface area contributed by atoms with Crippen LogP contribution in [-0.2, 0) is 17.9 Å². The summed E-state index contributed by atoms with van der Waals surface area (Å²) in [5.74, 6) is 0.324. The van der Waals surface area contributed by atoms with Gasteiger partial charge in [0.1, 0.15) is 5.82 Å². The molecular formula is C23H19N3O2S. The van der Waals surface area contributed by atoms with Gasteiger partial charge >= 0.3 is 0 Å². The van der Waals surface area contributed by atoms with E-state index in [1.54, 1.807) is 46.6 Å². The molecule has 0 spiro atoms. The van der Waals surface area contributed by atoms with Gasteiger partial charge in [-0.05, 0) is 35.2 Å². The zero-order chi connectivity index (χ0) is 20.1. The predicted molar refractivity (Wildman–Crippen MR) is 116 cm³/mol. The van der Waals surface area contributed by atoms with Crippen LogP contribution in [0.4, 0.5) is 0 Å². The molecule has 0 aliphatic rings. The van der Waals surface area contributed by atoms with E-state index in [9.17, 15) is 9.59 Å². The molecular weight excluding hydrogens is 382 g/mol. The number of amides is 1. The lowest BCUT2D eigenvalue weighted by atomic mass is 10.2. The van der Waals surface area contributed by atoms with Gasteiger partial charge in [-0.2, -0.15) is 0 Å². The number of aromatic nitrogens is 2. The average molecular weight is 401 g/mol. The van der Waals surface area contributed by atoms with E-state index in [4.69, 9.17) is 0 Å². The summed E-state index contributed by atoms with van der Waals surface area (Å²) in [6.07, 6.45) is 3.35. The highest BCUT2D eigenvalue weighted by Gasteiger charge is 2.15. The third-order valence-corrected chi connectivity index (χ3v) is 5.32. The second kappa shape index (κ2) is 8.67. The predicted octanol–water partition coefficient (Wildman–Crippen LogP) is 4.23. The Labute approximate surface area is 172 Å². The molecule has 4 rings (SSSR count). The zero-order valence-electron chi connectivity index (χ0n) is 15.6. The molecule has 0 saturated carbocycles. The standard InChI is InChI=1S/C23H19N3O2S/c27-22(13-12-17-7-2-1-3-8-17)26(15-18-9-6-14-29-18)16-21-24-20-11-5-4-10-19(20)23(28)25-21/h1-14H,15-16H2,(H,24,25,28)/b13-12+. The van der Waals surface area contributed by atoms with Crippen molar-refractivity contribution >= 4 is 34.2 Å². The molecule has 0 bridgehead atoms. The highest BCUT2D eigenvalue weighted by atomic mass is 32.1. The second-order valence-corrected chi connectivity index (χ2v) is 7.58. The smallest absolute Gasteiger partial charge is 0.258 e. The van der Waals surface area contributed by atoms with Crippen LogP contribution in [0, 0.1) is 0 Å². The van der Waals surface area contributed by atoms with Crippen molar-refractivity contribution in [1.29, 1.82) is 0 Å². The Balaban J connectivity index is 1.61. The van der Waals surface area contributed by atoms with Gasteiger partial charge in [0.05, 0.1) is 24.0 Å². The molecule has 0 aliphatic heterocycles. The first-order chi connectivity index (χ1) is 14.2. The molecule has 0 aliphatic carbocycles. The molecule has 0 atom stereocenters. The number of hydrogen-bond acceptors (Lipinski definition) is 4. The highest BCUT2D eigenvalue weighted by Crippen LogP contribution is 2.15. The minimum atomic E-state index is -0.200. The van der Waals surface area contributed by atoms with Crippen LogP contribution in [0.5, 0.6) is 0 Å². The van der Waals surface area contributed by atoms with Crippen molar-refractivity contribution < 1.29 is 4.79 Å². The summed E-state index contributed by atoms with van der Waals surface area (Å²) in [5, 5.41) is 2.52. The summed E-state index contributed by atoms with van der Waals surface area (Å²) in [6.45, 7) is 0.669. The van der Waals surface area contributed by atoms with E-state index in [-0.39, 0.29) is 18.0 Å². The summed E-state index contributed by atoms with van der Waals surface area (Å²) >= 11 is 1.59. The Morgan fingerprint density at radius 3 is 2.59 bits per heavy atom. The van der Waals surface area contributed by atoms with Crippen molar-refractivity contribution in [2.45, 2.75) is 13.1 Å². The molecule has 29 heavy (non-hydrogen) atoms. The lowest BCUT2D eigenvalue weighted by Crippen LogP contribution is -2.30. The van der Waals surface area contributed by atoms with Crippen molar-refractivity contribution in [2.75, 3.05) is 0 Å². The minimum absolute atomic E-state index is 0.141. The molecule has 2 heterocycles. The number of nitrogens with zero attached hydrogens (tertiary/aromatic N) is 2. The number of H-pyrrole nitrogens is 1. The number of carbonyl (C=O) groups excluding carboxylic acids is 1. The number of thiophene rings is 1. The van der Waals surface area contributed by atoms with Crippen LogP contribution in [0.25, 0.3) is 17.0 Å². The molecule has 0 radical (unpaired) electrons. The first-order valence-corrected chi connectivity index (χ1v) is 10.1. The van der Waals surface area contributed by atoms with E-state index in [0.717, 1.165) is 10.4 Å². The van der Waals surface area contributed by atoms with Crippen molar-refractivity contribution in [3.05, 3.63) is 105 Å². The Kier molecular flexibility index (Phi) is 5.63. The van der Waals surface area contributed by atoms with Crippen molar-refractivity contribution in [3.8, 4) is 0 Å². The van der Waals surface area contributed by atoms with E-state index in [1.165, 1.54) is 0 Å². The number of rotatable bonds is 6. The largest absolute Gasteiger partial charge is 0.327 e. The molecule has 4 aromatic rings. The molecule has 1 N–H and O–H groups in total. The number of fused-ring (bicyclic) bond motifs is 1. The van der Waals surface area contributed by atoms with Crippen LogP contribution < -0.4 is 5.56 Å². The Morgan fingerprint density at radius 1 is 1.00 bits per heavy atom. The monoisotopic (exact) mass is 401 g/mol. The lowest BCUT2D eigenvalue weighted by molar-refractivity contribution is -0.127. The van der Waals surface area contributed by atoms with Gasteiger partial charge < -0.3 is 9.88 Å². The van der Waals surface area contributed by atoms with Crippen LogP contribution in [0.15, 0.2) is 83.0 Å². The minimum Gasteiger partial charge on any atom is -0.327 e. The fraction of sp³-hybridized carbons (Fsp3) is 0.0870. The SMILES string of the molecule is O=C(/C=C/c1ccccc1)N(Cc1nc2ccccc2c(=O)[nH]1)Cc1cccs1. The quantitative estimate of drug-likeness (QED) is 0.492. The first kappa shape index (κ1) is 18.8. The molecule has 2 aromatic carbocycles. The summed E-state index contributed by atoms with van der Waals surface area (Å²) in [5.41, 5.74) is 1.37. The van der Waals surface area contributed by atoms with E-state index in [1.807, 2.05) is 53.9 Å². The van der Waals surface area contributed by atoms with Crippen LogP contribution in [0.3, 0.4) is 0 Å². The molecule has 1 amide bonds. The Bertz CT molecular complexity index is 1200. The highest BCUT2D eigenvalue weighted by molar-refractivity contribution is 7.09. The first-order valence-electron chi connectivity index (χ1n) is 9.21. The number of hydrogen-bond donors (Lipinski definition) is 1. The third kappa shape index (κ3) is 4.67. The summed E-state index contributed by atoms with van der Waals surface area (Å²) in [4.78, 5) is 35.4. The van der Waals surface area contributed by atoms with E-state index in [0.29, 0.717) is 23.3 Å². The number of benzene rings is 2. The van der Waals surface area contributed by atoms with Crippen molar-refractivity contribution in [1.82, 2.24) is 14.9 Å². The van der Waals surface area contributed by atoms with Gasteiger partial charge in [0.15, 0.2) is 0 Å². The van der Waals surface area contributed by atoms with Gasteiger partial charge in [-0.3, -0.25) is 9.59 Å². The summed E-state index contributed by atoms with van der Waals surface area (Å²) in [6, 6.07) is 20.8. The number of aromatic amines is 1. The fourth-order valence-corrected chi connectivity index (χ4v) is 3.75. The second-order valence-electron chi connectivity index (χ2n) is 6.55. The molecule has 5 nitrogen and oxygen atoms in total. The topological polar surface area (TPSA) is 66.1 Å². The van der Waals surface area contributed by atoms with Crippen LogP contribution in [0.1, 0.15) is 16.3 Å². The molecule has 6 heteroatoms. The molecule has 0 saturated heterocycles. The maximum atomic E-state index is 12.9. The van der Waals surface area contributed by atoms with Gasteiger partial charge in [0, 0.05) is 11.0 Å².